The summed E-state index contributed by atoms with van der Waals surface area (Å²) in [5, 5.41) is 8.05. The first-order valence-corrected chi connectivity index (χ1v) is 4.76. The van der Waals surface area contributed by atoms with Crippen LogP contribution < -0.4 is 0 Å². The standard InChI is InChI=1S/C3H8O2Si/c1-6(2)3(4)5/h6H,1-2H3,(H,4,5). The van der Waals surface area contributed by atoms with E-state index >= 15 is 0 Å². The van der Waals surface area contributed by atoms with Gasteiger partial charge in [-0.1, -0.05) is 13.1 Å². The lowest BCUT2D eigenvalue weighted by atomic mass is 11.6. The minimum absolute atomic E-state index is 0.602. The molecule has 0 unspecified atom stereocenters. The van der Waals surface area contributed by atoms with E-state index in [4.69, 9.17) is 5.11 Å². The van der Waals surface area contributed by atoms with Crippen molar-refractivity contribution in [1.29, 1.82) is 0 Å². The highest BCUT2D eigenvalue weighted by Crippen LogP contribution is 1.77. The summed E-state index contributed by atoms with van der Waals surface area (Å²) in [4.78, 5) is 9.76. The minimum atomic E-state index is -1.33. The average molecular weight is 104 g/mol. The van der Waals surface area contributed by atoms with E-state index in [1.165, 1.54) is 0 Å². The van der Waals surface area contributed by atoms with Gasteiger partial charge >= 0.3 is 0 Å². The lowest BCUT2D eigenvalue weighted by Gasteiger charge is -1.86. The first-order chi connectivity index (χ1) is 2.64. The number of carboxylic acid groups (broad SMARTS) is 1. The van der Waals surface area contributed by atoms with Gasteiger partial charge in [0.05, 0.1) is 0 Å². The van der Waals surface area contributed by atoms with E-state index in [1.807, 2.05) is 0 Å². The maximum absolute atomic E-state index is 9.76. The van der Waals surface area contributed by atoms with Gasteiger partial charge < -0.3 is 5.11 Å². The van der Waals surface area contributed by atoms with E-state index in [0.717, 1.165) is 0 Å². The quantitative estimate of drug-likeness (QED) is 0.498. The SMILES string of the molecule is C[SiH](C)C(=O)O. The molecular formula is C3H8O2Si. The van der Waals surface area contributed by atoms with Crippen molar-refractivity contribution in [3.05, 3.63) is 0 Å². The van der Waals surface area contributed by atoms with Crippen LogP contribution in [0.25, 0.3) is 0 Å². The molecule has 0 heterocycles. The molecule has 0 rings (SSSR count). The first-order valence-electron chi connectivity index (χ1n) is 1.87. The van der Waals surface area contributed by atoms with Crippen molar-refractivity contribution in [3.63, 3.8) is 0 Å². The Morgan fingerprint density at radius 3 is 1.83 bits per heavy atom. The Morgan fingerprint density at radius 2 is 1.83 bits per heavy atom. The smallest absolute Gasteiger partial charge is 0.265 e. The lowest BCUT2D eigenvalue weighted by molar-refractivity contribution is 0.219. The van der Waals surface area contributed by atoms with E-state index in [2.05, 4.69) is 0 Å². The maximum atomic E-state index is 9.76. The zero-order valence-corrected chi connectivity index (χ0v) is 5.09. The van der Waals surface area contributed by atoms with Crippen molar-refractivity contribution in [2.45, 2.75) is 13.1 Å². The molecule has 6 heavy (non-hydrogen) atoms. The van der Waals surface area contributed by atoms with Crippen LogP contribution in [-0.2, 0) is 0 Å². The molecule has 0 aromatic heterocycles. The third kappa shape index (κ3) is 1.96. The number of hydrogen-bond acceptors (Lipinski definition) is 1. The van der Waals surface area contributed by atoms with Gasteiger partial charge in [-0.15, -0.1) is 0 Å². The molecule has 0 amide bonds. The van der Waals surface area contributed by atoms with Crippen LogP contribution in [-0.4, -0.2) is 19.5 Å². The van der Waals surface area contributed by atoms with E-state index < -0.39 is 14.4 Å². The second-order valence-corrected chi connectivity index (χ2v) is 4.30. The zero-order valence-electron chi connectivity index (χ0n) is 3.93. The Bertz CT molecular complexity index is 59.8. The summed E-state index contributed by atoms with van der Waals surface area (Å²) in [5.74, 6) is 0. The molecule has 0 saturated heterocycles. The molecule has 36 valence electrons. The van der Waals surface area contributed by atoms with Crippen molar-refractivity contribution in [1.82, 2.24) is 0 Å². The van der Waals surface area contributed by atoms with Gasteiger partial charge in [0.15, 0.2) is 8.80 Å². The van der Waals surface area contributed by atoms with E-state index in [0.29, 0.717) is 0 Å². The molecule has 2 nitrogen and oxygen atoms in total. The van der Waals surface area contributed by atoms with Gasteiger partial charge in [-0.05, 0) is 0 Å². The fourth-order valence-electron chi connectivity index (χ4n) is 0. The van der Waals surface area contributed by atoms with E-state index in [-0.39, 0.29) is 0 Å². The Kier molecular flexibility index (Phi) is 1.87. The second kappa shape index (κ2) is 1.97. The molecule has 0 radical (unpaired) electrons. The molecule has 0 aliphatic heterocycles. The van der Waals surface area contributed by atoms with Crippen LogP contribution in [0.15, 0.2) is 0 Å². The van der Waals surface area contributed by atoms with E-state index in [9.17, 15) is 4.79 Å². The molecule has 0 aromatic carbocycles. The van der Waals surface area contributed by atoms with Gasteiger partial charge in [0.2, 0.25) is 0 Å². The van der Waals surface area contributed by atoms with Crippen LogP contribution in [0.5, 0.6) is 0 Å². The molecule has 1 N–H and O–H groups in total. The normalized spacial score (nSPS) is 9.17. The first kappa shape index (κ1) is 5.69. The second-order valence-electron chi connectivity index (χ2n) is 1.49. The maximum Gasteiger partial charge on any atom is 0.265 e. The van der Waals surface area contributed by atoms with Crippen molar-refractivity contribution in [2.24, 2.45) is 0 Å². The van der Waals surface area contributed by atoms with Crippen molar-refractivity contribution in [2.75, 3.05) is 0 Å². The van der Waals surface area contributed by atoms with Crippen molar-refractivity contribution >= 4 is 14.4 Å². The number of rotatable bonds is 1. The highest BCUT2D eigenvalue weighted by Gasteiger charge is 2.02. The summed E-state index contributed by atoms with van der Waals surface area (Å²) in [6.07, 6.45) is 0. The topological polar surface area (TPSA) is 37.3 Å². The van der Waals surface area contributed by atoms with Crippen molar-refractivity contribution < 1.29 is 9.90 Å². The summed E-state index contributed by atoms with van der Waals surface area (Å²) in [6, 6.07) is 0. The van der Waals surface area contributed by atoms with Crippen LogP contribution in [0.3, 0.4) is 0 Å². The van der Waals surface area contributed by atoms with Gasteiger partial charge in [-0.3, -0.25) is 4.79 Å². The summed E-state index contributed by atoms with van der Waals surface area (Å²) in [6.45, 7) is 3.56. The van der Waals surface area contributed by atoms with Crippen LogP contribution in [0.2, 0.25) is 13.1 Å². The van der Waals surface area contributed by atoms with Crippen LogP contribution >= 0.6 is 0 Å². The Balaban J connectivity index is 3.26. The van der Waals surface area contributed by atoms with Crippen LogP contribution in [0.1, 0.15) is 0 Å². The predicted octanol–water partition coefficient (Wildman–Crippen LogP) is 0.733. The molecule has 0 aliphatic rings. The van der Waals surface area contributed by atoms with Crippen molar-refractivity contribution in [3.8, 4) is 0 Å². The number of hydrogen-bond donors (Lipinski definition) is 1. The Labute approximate surface area is 38.4 Å². The Morgan fingerprint density at radius 1 is 1.67 bits per heavy atom. The minimum Gasteiger partial charge on any atom is -0.486 e. The molecule has 0 saturated carbocycles. The summed E-state index contributed by atoms with van der Waals surface area (Å²) >= 11 is 0. The Hall–Kier alpha value is -0.313. The van der Waals surface area contributed by atoms with E-state index in [1.54, 1.807) is 13.1 Å². The summed E-state index contributed by atoms with van der Waals surface area (Å²) in [5.41, 5.74) is -0.602. The average Bonchev–Trinajstić information content (AvgIpc) is 1.36. The van der Waals surface area contributed by atoms with Gasteiger partial charge in [-0.2, -0.15) is 0 Å². The van der Waals surface area contributed by atoms with Gasteiger partial charge in [0.1, 0.15) is 0 Å². The third-order valence-electron chi connectivity index (χ3n) is 0.494. The predicted molar refractivity (Wildman–Crippen MR) is 26.9 cm³/mol. The molecule has 0 aliphatic carbocycles. The molecular weight excluding hydrogens is 96.1 g/mol. The number of carbonyl (C=O) groups is 1. The van der Waals surface area contributed by atoms with Crippen LogP contribution in [0.4, 0.5) is 4.79 Å². The molecule has 0 atom stereocenters. The monoisotopic (exact) mass is 104 g/mol. The fourth-order valence-corrected chi connectivity index (χ4v) is 0. The van der Waals surface area contributed by atoms with Gasteiger partial charge in [0.25, 0.3) is 5.59 Å². The molecule has 0 bridgehead atoms. The molecule has 0 fully saturated rings. The lowest BCUT2D eigenvalue weighted by Crippen LogP contribution is -2.13. The van der Waals surface area contributed by atoms with Gasteiger partial charge in [0, 0.05) is 0 Å². The fraction of sp³-hybridized carbons (Fsp3) is 0.667. The zero-order chi connectivity index (χ0) is 5.15. The molecule has 0 spiro atoms. The van der Waals surface area contributed by atoms with Gasteiger partial charge in [-0.25, -0.2) is 0 Å². The molecule has 3 heteroatoms. The van der Waals surface area contributed by atoms with Crippen LogP contribution in [0, 0.1) is 0 Å². The third-order valence-corrected chi connectivity index (χ3v) is 1.48. The molecule has 0 aromatic rings. The summed E-state index contributed by atoms with van der Waals surface area (Å²) in [7, 11) is -1.33. The highest BCUT2D eigenvalue weighted by molar-refractivity contribution is 6.86. The largest absolute Gasteiger partial charge is 0.486 e. The summed E-state index contributed by atoms with van der Waals surface area (Å²) < 4.78 is 0. The highest BCUT2D eigenvalue weighted by atomic mass is 28.3.